The number of hydrogen-bond donors (Lipinski definition) is 1. The summed E-state index contributed by atoms with van der Waals surface area (Å²) in [7, 11) is 0.364. The van der Waals surface area contributed by atoms with Gasteiger partial charge < -0.3 is 19.5 Å². The van der Waals surface area contributed by atoms with Crippen molar-refractivity contribution >= 4 is 38.1 Å². The Morgan fingerprint density at radius 3 is 2.36 bits per heavy atom. The van der Waals surface area contributed by atoms with Gasteiger partial charge in [0.25, 0.3) is 10.0 Å². The maximum atomic E-state index is 13.9. The summed E-state index contributed by atoms with van der Waals surface area (Å²) in [6, 6.07) is 17.9. The van der Waals surface area contributed by atoms with E-state index in [1.54, 1.807) is 66.9 Å². The van der Waals surface area contributed by atoms with Crippen LogP contribution >= 0.6 is 0 Å². The van der Waals surface area contributed by atoms with Crippen molar-refractivity contribution in [1.29, 1.82) is 0 Å². The zero-order chi connectivity index (χ0) is 25.7. The van der Waals surface area contributed by atoms with E-state index in [1.807, 2.05) is 0 Å². The standard InChI is InChI=1S/C26H25N3O6S/c1-33-21-10-8-20(9-11-21)29(17-26(30)28-19-7-12-23(34-2)24(15-19)35-3)36(31,32)25-6-4-5-18-16-27-14-13-22(18)25/h4-16H,17H2,1-3H3,(H,28,30). The van der Waals surface area contributed by atoms with Crippen molar-refractivity contribution in [3.8, 4) is 17.2 Å². The van der Waals surface area contributed by atoms with Crippen molar-refractivity contribution in [2.75, 3.05) is 37.5 Å². The first-order valence-corrected chi connectivity index (χ1v) is 12.3. The fourth-order valence-corrected chi connectivity index (χ4v) is 5.38. The Morgan fingerprint density at radius 1 is 0.917 bits per heavy atom. The van der Waals surface area contributed by atoms with Crippen LogP contribution < -0.4 is 23.8 Å². The molecular formula is C26H25N3O6S. The zero-order valence-electron chi connectivity index (χ0n) is 20.0. The Balaban J connectivity index is 1.72. The van der Waals surface area contributed by atoms with Gasteiger partial charge >= 0.3 is 0 Å². The monoisotopic (exact) mass is 507 g/mol. The minimum absolute atomic E-state index is 0.0668. The summed E-state index contributed by atoms with van der Waals surface area (Å²) in [4.78, 5) is 17.2. The second-order valence-electron chi connectivity index (χ2n) is 7.68. The molecule has 0 saturated heterocycles. The fraction of sp³-hybridized carbons (Fsp3) is 0.154. The first-order chi connectivity index (χ1) is 17.4. The summed E-state index contributed by atoms with van der Waals surface area (Å²) in [5.74, 6) is 0.952. The van der Waals surface area contributed by atoms with E-state index in [-0.39, 0.29) is 4.90 Å². The molecule has 0 radical (unpaired) electrons. The minimum atomic E-state index is -4.15. The molecule has 3 aromatic carbocycles. The van der Waals surface area contributed by atoms with Gasteiger partial charge in [-0.1, -0.05) is 12.1 Å². The van der Waals surface area contributed by atoms with Gasteiger partial charge in [0.1, 0.15) is 12.3 Å². The van der Waals surface area contributed by atoms with Crippen LogP contribution in [0.5, 0.6) is 17.2 Å². The van der Waals surface area contributed by atoms with Crippen molar-refractivity contribution in [2.24, 2.45) is 0 Å². The summed E-state index contributed by atoms with van der Waals surface area (Å²) in [5, 5.41) is 3.91. The topological polar surface area (TPSA) is 107 Å². The Labute approximate surface area is 209 Å². The number of nitrogens with zero attached hydrogens (tertiary/aromatic N) is 2. The quantitative estimate of drug-likeness (QED) is 0.364. The van der Waals surface area contributed by atoms with Gasteiger partial charge in [-0.3, -0.25) is 14.1 Å². The largest absolute Gasteiger partial charge is 0.497 e. The molecule has 4 aromatic rings. The Hall–Kier alpha value is -4.31. The lowest BCUT2D eigenvalue weighted by Gasteiger charge is -2.25. The number of benzene rings is 3. The molecule has 1 heterocycles. The smallest absolute Gasteiger partial charge is 0.265 e. The SMILES string of the molecule is COc1ccc(N(CC(=O)Nc2ccc(OC)c(OC)c2)S(=O)(=O)c2cccc3cnccc23)cc1. The molecule has 9 nitrogen and oxygen atoms in total. The lowest BCUT2D eigenvalue weighted by molar-refractivity contribution is -0.114. The molecule has 0 fully saturated rings. The van der Waals surface area contributed by atoms with Crippen LogP contribution in [-0.4, -0.2) is 47.2 Å². The number of carbonyl (C=O) groups excluding carboxylic acids is 1. The third-order valence-corrected chi connectivity index (χ3v) is 7.36. The molecule has 1 N–H and O–H groups in total. The highest BCUT2D eigenvalue weighted by atomic mass is 32.2. The lowest BCUT2D eigenvalue weighted by Crippen LogP contribution is -2.38. The van der Waals surface area contributed by atoms with E-state index in [0.29, 0.717) is 39.4 Å². The summed E-state index contributed by atoms with van der Waals surface area (Å²) in [6.45, 7) is -0.468. The molecule has 0 spiro atoms. The van der Waals surface area contributed by atoms with Crippen LogP contribution in [0.1, 0.15) is 0 Å². The molecule has 10 heteroatoms. The molecule has 1 aromatic heterocycles. The Morgan fingerprint density at radius 2 is 1.67 bits per heavy atom. The Bertz CT molecular complexity index is 1480. The number of nitrogens with one attached hydrogen (secondary N) is 1. The predicted molar refractivity (Wildman–Crippen MR) is 137 cm³/mol. The highest BCUT2D eigenvalue weighted by molar-refractivity contribution is 7.93. The molecule has 0 aliphatic carbocycles. The molecular weight excluding hydrogens is 482 g/mol. The van der Waals surface area contributed by atoms with Crippen LogP contribution in [0.25, 0.3) is 10.8 Å². The van der Waals surface area contributed by atoms with Crippen LogP contribution in [-0.2, 0) is 14.8 Å². The van der Waals surface area contributed by atoms with E-state index in [9.17, 15) is 13.2 Å². The number of aromatic nitrogens is 1. The van der Waals surface area contributed by atoms with E-state index < -0.39 is 22.5 Å². The van der Waals surface area contributed by atoms with Crippen LogP contribution in [0, 0.1) is 0 Å². The van der Waals surface area contributed by atoms with Gasteiger partial charge in [-0.15, -0.1) is 0 Å². The number of ether oxygens (including phenoxy) is 3. The van der Waals surface area contributed by atoms with E-state index in [2.05, 4.69) is 10.3 Å². The van der Waals surface area contributed by atoms with Crippen LogP contribution in [0.2, 0.25) is 0 Å². The lowest BCUT2D eigenvalue weighted by atomic mass is 10.2. The van der Waals surface area contributed by atoms with Crippen molar-refractivity contribution in [3.63, 3.8) is 0 Å². The first kappa shape index (κ1) is 24.8. The highest BCUT2D eigenvalue weighted by Crippen LogP contribution is 2.31. The predicted octanol–water partition coefficient (Wildman–Crippen LogP) is 4.09. The van der Waals surface area contributed by atoms with Gasteiger partial charge in [-0.2, -0.15) is 0 Å². The number of sulfonamides is 1. The van der Waals surface area contributed by atoms with Crippen molar-refractivity contribution < 1.29 is 27.4 Å². The second kappa shape index (κ2) is 10.5. The van der Waals surface area contributed by atoms with Gasteiger partial charge in [0.15, 0.2) is 11.5 Å². The van der Waals surface area contributed by atoms with Crippen molar-refractivity contribution in [3.05, 3.63) is 79.1 Å². The molecule has 0 atom stereocenters. The van der Waals surface area contributed by atoms with Crippen molar-refractivity contribution in [1.82, 2.24) is 4.98 Å². The zero-order valence-corrected chi connectivity index (χ0v) is 20.8. The summed E-state index contributed by atoms with van der Waals surface area (Å²) >= 11 is 0. The molecule has 4 rings (SSSR count). The number of fused-ring (bicyclic) bond motifs is 1. The molecule has 0 aliphatic heterocycles. The van der Waals surface area contributed by atoms with Crippen LogP contribution in [0.4, 0.5) is 11.4 Å². The van der Waals surface area contributed by atoms with Gasteiger partial charge in [0.2, 0.25) is 5.91 Å². The molecule has 1 amide bonds. The number of rotatable bonds is 9. The molecule has 186 valence electrons. The normalized spacial score (nSPS) is 11.1. The average molecular weight is 508 g/mol. The minimum Gasteiger partial charge on any atom is -0.497 e. The molecule has 36 heavy (non-hydrogen) atoms. The van der Waals surface area contributed by atoms with Gasteiger partial charge in [0, 0.05) is 34.9 Å². The fourth-order valence-electron chi connectivity index (χ4n) is 3.74. The average Bonchev–Trinajstić information content (AvgIpc) is 2.91. The number of hydrogen-bond acceptors (Lipinski definition) is 7. The number of methoxy groups -OCH3 is 3. The summed E-state index contributed by atoms with van der Waals surface area (Å²) < 4.78 is 44.6. The maximum Gasteiger partial charge on any atom is 0.265 e. The number of pyridine rings is 1. The number of amides is 1. The highest BCUT2D eigenvalue weighted by Gasteiger charge is 2.29. The van der Waals surface area contributed by atoms with Gasteiger partial charge in [-0.05, 0) is 48.5 Å². The van der Waals surface area contributed by atoms with E-state index >= 15 is 0 Å². The van der Waals surface area contributed by atoms with E-state index in [4.69, 9.17) is 14.2 Å². The molecule has 0 aliphatic rings. The van der Waals surface area contributed by atoms with E-state index in [0.717, 1.165) is 4.31 Å². The third-order valence-electron chi connectivity index (χ3n) is 5.52. The third kappa shape index (κ3) is 5.03. The summed E-state index contributed by atoms with van der Waals surface area (Å²) in [6.07, 6.45) is 3.12. The number of carbonyl (C=O) groups is 1. The van der Waals surface area contributed by atoms with E-state index in [1.165, 1.54) is 33.6 Å². The molecule has 0 bridgehead atoms. The second-order valence-corrected chi connectivity index (χ2v) is 9.51. The number of anilines is 2. The summed E-state index contributed by atoms with van der Waals surface area (Å²) in [5.41, 5.74) is 0.741. The van der Waals surface area contributed by atoms with Gasteiger partial charge in [0.05, 0.1) is 31.9 Å². The van der Waals surface area contributed by atoms with Crippen molar-refractivity contribution in [2.45, 2.75) is 4.90 Å². The van der Waals surface area contributed by atoms with Gasteiger partial charge in [-0.25, -0.2) is 8.42 Å². The van der Waals surface area contributed by atoms with Crippen LogP contribution in [0.15, 0.2) is 84.0 Å². The molecule has 0 saturated carbocycles. The van der Waals surface area contributed by atoms with Crippen LogP contribution in [0.3, 0.4) is 0 Å². The Kier molecular flexibility index (Phi) is 7.25. The maximum absolute atomic E-state index is 13.9. The first-order valence-electron chi connectivity index (χ1n) is 10.9. The molecule has 0 unspecified atom stereocenters.